The van der Waals surface area contributed by atoms with Crippen LogP contribution in [0.5, 0.6) is 0 Å². The first-order valence-corrected chi connectivity index (χ1v) is 9.22. The van der Waals surface area contributed by atoms with Gasteiger partial charge in [0.2, 0.25) is 10.0 Å². The van der Waals surface area contributed by atoms with Crippen LogP contribution in [0.2, 0.25) is 0 Å². The number of hydrogen-bond donors (Lipinski definition) is 2. The van der Waals surface area contributed by atoms with Crippen LogP contribution in [0.4, 0.5) is 0 Å². The fourth-order valence-corrected chi connectivity index (χ4v) is 4.25. The second-order valence-electron chi connectivity index (χ2n) is 6.30. The van der Waals surface area contributed by atoms with Crippen molar-refractivity contribution in [2.24, 2.45) is 11.3 Å². The molecule has 0 bridgehead atoms. The van der Waals surface area contributed by atoms with Crippen molar-refractivity contribution in [3.05, 3.63) is 0 Å². The molecule has 0 aliphatic heterocycles. The average molecular weight is 290 g/mol. The highest BCUT2D eigenvalue weighted by molar-refractivity contribution is 7.89. The van der Waals surface area contributed by atoms with Crippen LogP contribution in [0, 0.1) is 11.3 Å². The molecule has 0 radical (unpaired) electrons. The molecule has 1 rings (SSSR count). The largest absolute Gasteiger partial charge is 0.316 e. The predicted molar refractivity (Wildman–Crippen MR) is 80.7 cm³/mol. The maximum atomic E-state index is 11.9. The van der Waals surface area contributed by atoms with E-state index in [1.807, 2.05) is 6.92 Å². The van der Waals surface area contributed by atoms with Crippen molar-refractivity contribution >= 4 is 10.0 Å². The van der Waals surface area contributed by atoms with Crippen LogP contribution >= 0.6 is 0 Å². The Morgan fingerprint density at radius 2 is 1.84 bits per heavy atom. The number of nitrogens with one attached hydrogen (secondary N) is 2. The Bertz CT molecular complexity index is 346. The summed E-state index contributed by atoms with van der Waals surface area (Å²) >= 11 is 0. The lowest BCUT2D eigenvalue weighted by molar-refractivity contribution is 0.236. The number of sulfonamides is 1. The third-order valence-corrected chi connectivity index (χ3v) is 5.30. The highest BCUT2D eigenvalue weighted by atomic mass is 32.2. The van der Waals surface area contributed by atoms with Gasteiger partial charge in [-0.15, -0.1) is 0 Å². The van der Waals surface area contributed by atoms with E-state index in [4.69, 9.17) is 0 Å². The average Bonchev–Trinajstić information content (AvgIpc) is 2.75. The standard InChI is InChI=1S/C14H30N2O2S/c1-4-15-9-10-19(17,18)16-12-14(11-13(2)3)7-5-6-8-14/h13,15-16H,4-12H2,1-3H3. The van der Waals surface area contributed by atoms with Gasteiger partial charge in [0, 0.05) is 13.1 Å². The smallest absolute Gasteiger partial charge is 0.212 e. The van der Waals surface area contributed by atoms with Crippen molar-refractivity contribution in [3.8, 4) is 0 Å². The summed E-state index contributed by atoms with van der Waals surface area (Å²) in [7, 11) is -3.13. The maximum absolute atomic E-state index is 11.9. The monoisotopic (exact) mass is 290 g/mol. The van der Waals surface area contributed by atoms with E-state index in [0.717, 1.165) is 13.0 Å². The van der Waals surface area contributed by atoms with Crippen molar-refractivity contribution in [1.82, 2.24) is 10.0 Å². The molecule has 1 aliphatic carbocycles. The van der Waals surface area contributed by atoms with Crippen molar-refractivity contribution < 1.29 is 8.42 Å². The molecule has 0 unspecified atom stereocenters. The maximum Gasteiger partial charge on any atom is 0.212 e. The van der Waals surface area contributed by atoms with E-state index in [-0.39, 0.29) is 11.2 Å². The van der Waals surface area contributed by atoms with Gasteiger partial charge in [-0.05, 0) is 37.1 Å². The lowest BCUT2D eigenvalue weighted by Gasteiger charge is -2.31. The lowest BCUT2D eigenvalue weighted by Crippen LogP contribution is -2.39. The summed E-state index contributed by atoms with van der Waals surface area (Å²) in [4.78, 5) is 0. The molecule has 19 heavy (non-hydrogen) atoms. The van der Waals surface area contributed by atoms with E-state index in [1.54, 1.807) is 0 Å². The molecule has 0 atom stereocenters. The summed E-state index contributed by atoms with van der Waals surface area (Å²) in [5.74, 6) is 0.808. The van der Waals surface area contributed by atoms with Crippen molar-refractivity contribution in [2.75, 3.05) is 25.4 Å². The molecule has 5 heteroatoms. The third-order valence-electron chi connectivity index (χ3n) is 3.97. The minimum absolute atomic E-state index is 0.179. The normalized spacial score (nSPS) is 19.2. The number of hydrogen-bond acceptors (Lipinski definition) is 3. The molecule has 1 aliphatic rings. The second-order valence-corrected chi connectivity index (χ2v) is 8.23. The van der Waals surface area contributed by atoms with Crippen LogP contribution in [0.1, 0.15) is 52.9 Å². The fourth-order valence-electron chi connectivity index (χ4n) is 3.16. The van der Waals surface area contributed by atoms with E-state index >= 15 is 0 Å². The van der Waals surface area contributed by atoms with Crippen LogP contribution in [-0.4, -0.2) is 33.8 Å². The van der Waals surface area contributed by atoms with E-state index in [1.165, 1.54) is 25.7 Å². The molecule has 0 aromatic carbocycles. The molecule has 2 N–H and O–H groups in total. The first-order chi connectivity index (χ1) is 8.89. The molecule has 0 amide bonds. The Hall–Kier alpha value is -0.130. The van der Waals surface area contributed by atoms with Gasteiger partial charge < -0.3 is 5.32 Å². The first kappa shape index (κ1) is 16.9. The van der Waals surface area contributed by atoms with Gasteiger partial charge in [0.05, 0.1) is 5.75 Å². The molecule has 1 fully saturated rings. The Morgan fingerprint density at radius 1 is 1.21 bits per heavy atom. The molecule has 0 saturated heterocycles. The number of rotatable bonds is 9. The molecule has 0 aromatic rings. The minimum Gasteiger partial charge on any atom is -0.316 e. The summed E-state index contributed by atoms with van der Waals surface area (Å²) < 4.78 is 26.7. The van der Waals surface area contributed by atoms with Gasteiger partial charge in [0.15, 0.2) is 0 Å². The lowest BCUT2D eigenvalue weighted by atomic mass is 9.79. The molecule has 0 aromatic heterocycles. The first-order valence-electron chi connectivity index (χ1n) is 7.57. The van der Waals surface area contributed by atoms with Crippen LogP contribution < -0.4 is 10.0 Å². The molecule has 0 heterocycles. The molecule has 1 saturated carbocycles. The van der Waals surface area contributed by atoms with E-state index in [9.17, 15) is 8.42 Å². The van der Waals surface area contributed by atoms with Crippen molar-refractivity contribution in [2.45, 2.75) is 52.9 Å². The molecular formula is C14H30N2O2S. The van der Waals surface area contributed by atoms with Crippen LogP contribution in [0.15, 0.2) is 0 Å². The van der Waals surface area contributed by atoms with Crippen LogP contribution in [0.3, 0.4) is 0 Å². The van der Waals surface area contributed by atoms with Gasteiger partial charge >= 0.3 is 0 Å². The Kier molecular flexibility index (Phi) is 6.77. The van der Waals surface area contributed by atoms with Gasteiger partial charge in [-0.3, -0.25) is 0 Å². The van der Waals surface area contributed by atoms with Crippen LogP contribution in [0.25, 0.3) is 0 Å². The molecule has 0 spiro atoms. The zero-order valence-electron chi connectivity index (χ0n) is 12.7. The topological polar surface area (TPSA) is 58.2 Å². The fraction of sp³-hybridized carbons (Fsp3) is 1.00. The van der Waals surface area contributed by atoms with Crippen molar-refractivity contribution in [3.63, 3.8) is 0 Å². The SMILES string of the molecule is CCNCCS(=O)(=O)NCC1(CC(C)C)CCCC1. The zero-order chi connectivity index (χ0) is 14.4. The highest BCUT2D eigenvalue weighted by Crippen LogP contribution is 2.42. The summed E-state index contributed by atoms with van der Waals surface area (Å²) in [5, 5.41) is 3.05. The zero-order valence-corrected chi connectivity index (χ0v) is 13.5. The highest BCUT2D eigenvalue weighted by Gasteiger charge is 2.35. The summed E-state index contributed by atoms with van der Waals surface area (Å²) in [6, 6.07) is 0. The Morgan fingerprint density at radius 3 is 2.37 bits per heavy atom. The molecular weight excluding hydrogens is 260 g/mol. The van der Waals surface area contributed by atoms with Gasteiger partial charge in [0.25, 0.3) is 0 Å². The van der Waals surface area contributed by atoms with Gasteiger partial charge in [-0.2, -0.15) is 0 Å². The summed E-state index contributed by atoms with van der Waals surface area (Å²) in [6.07, 6.45) is 5.95. The summed E-state index contributed by atoms with van der Waals surface area (Å²) in [6.45, 7) is 8.39. The minimum atomic E-state index is -3.13. The van der Waals surface area contributed by atoms with Gasteiger partial charge in [-0.1, -0.05) is 33.6 Å². The van der Waals surface area contributed by atoms with E-state index < -0.39 is 10.0 Å². The Labute approximate surface area is 118 Å². The van der Waals surface area contributed by atoms with Gasteiger partial charge in [-0.25, -0.2) is 13.1 Å². The van der Waals surface area contributed by atoms with Crippen LogP contribution in [-0.2, 0) is 10.0 Å². The van der Waals surface area contributed by atoms with Crippen molar-refractivity contribution in [1.29, 1.82) is 0 Å². The second kappa shape index (κ2) is 7.60. The summed E-state index contributed by atoms with van der Waals surface area (Å²) in [5.41, 5.74) is 0.208. The third kappa shape index (κ3) is 6.23. The van der Waals surface area contributed by atoms with Gasteiger partial charge in [0.1, 0.15) is 0 Å². The van der Waals surface area contributed by atoms with E-state index in [2.05, 4.69) is 23.9 Å². The quantitative estimate of drug-likeness (QED) is 0.640. The van der Waals surface area contributed by atoms with E-state index in [0.29, 0.717) is 19.0 Å². The Balaban J connectivity index is 2.47. The molecule has 4 nitrogen and oxygen atoms in total. The predicted octanol–water partition coefficient (Wildman–Crippen LogP) is 2.12. The molecule has 114 valence electrons.